The topological polar surface area (TPSA) is 151 Å². The molecule has 4 fully saturated rings. The van der Waals surface area contributed by atoms with Gasteiger partial charge in [-0.15, -0.1) is 0 Å². The van der Waals surface area contributed by atoms with Crippen molar-refractivity contribution in [3.63, 3.8) is 0 Å². The van der Waals surface area contributed by atoms with Crippen LogP contribution in [-0.4, -0.2) is 50.9 Å². The zero-order chi connectivity index (χ0) is 29.6. The lowest BCUT2D eigenvalue weighted by Crippen LogP contribution is -2.70. The Labute approximate surface area is 240 Å². The van der Waals surface area contributed by atoms with Crippen LogP contribution in [-0.2, 0) is 19.1 Å². The number of aliphatic carboxylic acids is 1. The van der Waals surface area contributed by atoms with Gasteiger partial charge in [-0.1, -0.05) is 19.8 Å². The van der Waals surface area contributed by atoms with Crippen LogP contribution >= 0.6 is 0 Å². The zero-order valence-corrected chi connectivity index (χ0v) is 24.2. The largest absolute Gasteiger partial charge is 0.481 e. The molecule has 1 aromatic heterocycles. The van der Waals surface area contributed by atoms with Crippen LogP contribution in [0.4, 0.5) is 0 Å². The fraction of sp³-hybridized carbons (Fsp3) is 0.750. The lowest BCUT2D eigenvalue weighted by atomic mass is 9.42. The van der Waals surface area contributed by atoms with Gasteiger partial charge in [-0.05, 0) is 93.6 Å². The van der Waals surface area contributed by atoms with E-state index in [2.05, 4.69) is 6.92 Å². The van der Waals surface area contributed by atoms with Gasteiger partial charge in [0.2, 0.25) is 0 Å². The van der Waals surface area contributed by atoms with Gasteiger partial charge in [0, 0.05) is 30.7 Å². The molecule has 0 amide bonds. The highest BCUT2D eigenvalue weighted by Crippen LogP contribution is 2.69. The van der Waals surface area contributed by atoms with Gasteiger partial charge in [0.25, 0.3) is 0 Å². The summed E-state index contributed by atoms with van der Waals surface area (Å²) in [5, 5.41) is 32.7. The summed E-state index contributed by atoms with van der Waals surface area (Å²) >= 11 is 0. The van der Waals surface area contributed by atoms with E-state index in [1.807, 2.05) is 0 Å². The summed E-state index contributed by atoms with van der Waals surface area (Å²) in [5.41, 5.74) is -2.58. The predicted molar refractivity (Wildman–Crippen MR) is 148 cm³/mol. The molecule has 1 aromatic rings. The summed E-state index contributed by atoms with van der Waals surface area (Å²) in [6.45, 7) is 3.93. The van der Waals surface area contributed by atoms with Gasteiger partial charge < -0.3 is 24.5 Å². The Morgan fingerprint density at radius 3 is 2.41 bits per heavy atom. The first-order valence-electron chi connectivity index (χ1n) is 15.4. The van der Waals surface area contributed by atoms with Gasteiger partial charge in [-0.25, -0.2) is 4.79 Å². The third kappa shape index (κ3) is 5.07. The number of aliphatic hydroxyl groups excluding tert-OH is 1. The summed E-state index contributed by atoms with van der Waals surface area (Å²) in [4.78, 5) is 48.8. The van der Waals surface area contributed by atoms with Crippen molar-refractivity contribution in [3.8, 4) is 0 Å². The molecule has 0 bridgehead atoms. The predicted octanol–water partition coefficient (Wildman–Crippen LogP) is 4.37. The Bertz CT molecular complexity index is 1200. The van der Waals surface area contributed by atoms with Gasteiger partial charge in [-0.3, -0.25) is 14.4 Å². The number of unbranched alkanes of at least 4 members (excludes halogenated alkanes) is 3. The summed E-state index contributed by atoms with van der Waals surface area (Å²) in [6.07, 6.45) is 7.92. The number of fused-ring (bicyclic) bond motifs is 5. The van der Waals surface area contributed by atoms with Crippen LogP contribution in [0.1, 0.15) is 109 Å². The average molecular weight is 573 g/mol. The van der Waals surface area contributed by atoms with Crippen molar-refractivity contribution in [2.75, 3.05) is 0 Å². The molecule has 5 rings (SSSR count). The summed E-state index contributed by atoms with van der Waals surface area (Å²) in [6, 6.07) is 3.00. The molecule has 4 saturated carbocycles. The minimum Gasteiger partial charge on any atom is -0.481 e. The fourth-order valence-corrected chi connectivity index (χ4v) is 9.36. The molecule has 4 aliphatic carbocycles. The van der Waals surface area contributed by atoms with E-state index < -0.39 is 28.7 Å². The molecule has 2 unspecified atom stereocenters. The average Bonchev–Trinajstić information content (AvgIpc) is 3.21. The number of ketones is 1. The quantitative estimate of drug-likeness (QED) is 0.289. The van der Waals surface area contributed by atoms with Gasteiger partial charge in [0.1, 0.15) is 12.2 Å². The van der Waals surface area contributed by atoms with E-state index in [0.717, 1.165) is 19.3 Å². The minimum absolute atomic E-state index is 0.151. The first-order valence-corrected chi connectivity index (χ1v) is 15.4. The molecule has 4 aliphatic rings. The highest BCUT2D eigenvalue weighted by atomic mass is 16.5. The number of ether oxygens (including phenoxy) is 1. The number of carboxylic acids is 1. The molecular weight excluding hydrogens is 528 g/mol. The van der Waals surface area contributed by atoms with E-state index in [4.69, 9.17) is 14.3 Å². The zero-order valence-electron chi connectivity index (χ0n) is 24.2. The molecule has 0 aliphatic heterocycles. The maximum absolute atomic E-state index is 14.1. The van der Waals surface area contributed by atoms with Gasteiger partial charge in [0.05, 0.1) is 17.3 Å². The lowest BCUT2D eigenvalue weighted by Gasteiger charge is -2.64. The van der Waals surface area contributed by atoms with Crippen LogP contribution in [0.25, 0.3) is 0 Å². The third-order valence-electron chi connectivity index (χ3n) is 11.6. The Balaban J connectivity index is 1.25. The lowest BCUT2D eigenvalue weighted by molar-refractivity contribution is -0.229. The van der Waals surface area contributed by atoms with Crippen LogP contribution in [0.3, 0.4) is 0 Å². The number of aliphatic hydroxyl groups is 2. The standard InChI is InChI=1S/C32H44O9/c1-30-15-13-21(41-26(36)8-6-4-3-5-7-24(33)34)17-20(30)10-11-23-27(30)28(37)29(38)31(2)22(14-16-32(23,31)39)19-9-12-25(35)40-18-19/h9,12,18,20-23,27-28,37,39H,3-8,10-11,13-17H2,1-2H3,(H,33,34)/t20-,21+,22-,23?,27?,28+,30+,31+,32+/m0/s1. The second-order valence-corrected chi connectivity index (χ2v) is 13.5. The fourth-order valence-electron chi connectivity index (χ4n) is 9.36. The number of rotatable bonds is 9. The van der Waals surface area contributed by atoms with E-state index in [-0.39, 0.29) is 53.4 Å². The highest BCUT2D eigenvalue weighted by molar-refractivity contribution is 5.93. The number of carbonyl (C=O) groups is 3. The van der Waals surface area contributed by atoms with E-state index in [9.17, 15) is 29.4 Å². The van der Waals surface area contributed by atoms with Gasteiger partial charge in [0.15, 0.2) is 5.78 Å². The van der Waals surface area contributed by atoms with E-state index in [0.29, 0.717) is 63.4 Å². The number of Topliss-reactive ketones (excluding diaryl/α,β-unsaturated/α-hetero) is 1. The maximum Gasteiger partial charge on any atom is 0.335 e. The molecule has 1 heterocycles. The highest BCUT2D eigenvalue weighted by Gasteiger charge is 2.73. The first kappa shape index (κ1) is 30.0. The summed E-state index contributed by atoms with van der Waals surface area (Å²) in [7, 11) is 0. The van der Waals surface area contributed by atoms with Crippen molar-refractivity contribution in [2.24, 2.45) is 28.6 Å². The van der Waals surface area contributed by atoms with Gasteiger partial charge >= 0.3 is 17.6 Å². The SMILES string of the molecule is C[C@@]12CC[C@@H](OC(=O)CCCCCCC(=O)O)C[C@@H]1CCC1C2[C@@H](O)C(=O)[C@@]2(C)[C@H](c3ccc(=O)oc3)CC[C@@]12O. The van der Waals surface area contributed by atoms with Crippen molar-refractivity contribution < 1.29 is 38.9 Å². The first-order chi connectivity index (χ1) is 19.4. The second-order valence-electron chi connectivity index (χ2n) is 13.5. The summed E-state index contributed by atoms with van der Waals surface area (Å²) in [5.74, 6) is -2.14. The molecule has 0 aromatic carbocycles. The molecule has 0 radical (unpaired) electrons. The smallest absolute Gasteiger partial charge is 0.335 e. The minimum atomic E-state index is -1.27. The van der Waals surface area contributed by atoms with Crippen LogP contribution in [0.15, 0.2) is 27.6 Å². The Kier molecular flexibility index (Phi) is 8.25. The molecule has 9 heteroatoms. The number of carbonyl (C=O) groups excluding carboxylic acids is 2. The van der Waals surface area contributed by atoms with E-state index in [1.165, 1.54) is 12.3 Å². The molecule has 9 nitrogen and oxygen atoms in total. The monoisotopic (exact) mass is 572 g/mol. The van der Waals surface area contributed by atoms with Crippen molar-refractivity contribution in [1.82, 2.24) is 0 Å². The second kappa shape index (κ2) is 11.3. The van der Waals surface area contributed by atoms with Crippen LogP contribution in [0.5, 0.6) is 0 Å². The van der Waals surface area contributed by atoms with Crippen LogP contribution in [0.2, 0.25) is 0 Å². The van der Waals surface area contributed by atoms with Crippen LogP contribution < -0.4 is 5.63 Å². The number of esters is 1. The van der Waals surface area contributed by atoms with Crippen molar-refractivity contribution in [1.29, 1.82) is 0 Å². The Morgan fingerprint density at radius 1 is 1.00 bits per heavy atom. The Hall–Kier alpha value is -2.52. The maximum atomic E-state index is 14.1. The van der Waals surface area contributed by atoms with Crippen molar-refractivity contribution >= 4 is 17.7 Å². The molecular formula is C32H44O9. The Morgan fingerprint density at radius 2 is 1.73 bits per heavy atom. The van der Waals surface area contributed by atoms with Gasteiger partial charge in [-0.2, -0.15) is 0 Å². The molecule has 9 atom stereocenters. The van der Waals surface area contributed by atoms with Crippen molar-refractivity contribution in [3.05, 3.63) is 34.4 Å². The molecule has 0 spiro atoms. The third-order valence-corrected chi connectivity index (χ3v) is 11.6. The normalized spacial score (nSPS) is 39.9. The molecule has 0 saturated heterocycles. The number of hydrogen-bond acceptors (Lipinski definition) is 8. The van der Waals surface area contributed by atoms with Crippen LogP contribution in [0, 0.1) is 28.6 Å². The molecule has 41 heavy (non-hydrogen) atoms. The van der Waals surface area contributed by atoms with Crippen molar-refractivity contribution in [2.45, 2.75) is 121 Å². The summed E-state index contributed by atoms with van der Waals surface area (Å²) < 4.78 is 10.9. The van der Waals surface area contributed by atoms with E-state index in [1.54, 1.807) is 13.0 Å². The number of hydrogen-bond donors (Lipinski definition) is 3. The molecule has 226 valence electrons. The molecule has 3 N–H and O–H groups in total. The van der Waals surface area contributed by atoms with E-state index >= 15 is 0 Å². The number of carboxylic acid groups (broad SMARTS) is 1.